The normalized spacial score (nSPS) is 17.6. The second-order valence-corrected chi connectivity index (χ2v) is 5.28. The van der Waals surface area contributed by atoms with Gasteiger partial charge in [0, 0.05) is 19.5 Å². The molecule has 3 nitrogen and oxygen atoms in total. The molecule has 0 aliphatic carbocycles. The van der Waals surface area contributed by atoms with Gasteiger partial charge in [-0.2, -0.15) is 0 Å². The van der Waals surface area contributed by atoms with E-state index in [9.17, 15) is 0 Å². The van der Waals surface area contributed by atoms with Gasteiger partial charge < -0.3 is 10.5 Å². The van der Waals surface area contributed by atoms with Crippen LogP contribution in [0.2, 0.25) is 0 Å². The van der Waals surface area contributed by atoms with Crippen LogP contribution in [0.4, 0.5) is 0 Å². The van der Waals surface area contributed by atoms with E-state index in [4.69, 9.17) is 22.7 Å². The summed E-state index contributed by atoms with van der Waals surface area (Å²) in [5.41, 5.74) is 6.93. The molecule has 1 aliphatic heterocycles. The Morgan fingerprint density at radius 3 is 2.94 bits per heavy atom. The van der Waals surface area contributed by atoms with Crippen molar-refractivity contribution in [1.29, 1.82) is 0 Å². The van der Waals surface area contributed by atoms with Crippen LogP contribution in [-0.2, 0) is 6.42 Å². The molecule has 1 heterocycles. The van der Waals surface area contributed by atoms with Crippen LogP contribution < -0.4 is 10.5 Å². The van der Waals surface area contributed by atoms with Crippen LogP contribution in [0.1, 0.15) is 18.9 Å². The summed E-state index contributed by atoms with van der Waals surface area (Å²) in [4.78, 5) is 2.83. The molecule has 0 bridgehead atoms. The lowest BCUT2D eigenvalue weighted by atomic mass is 10.1. The summed E-state index contributed by atoms with van der Waals surface area (Å²) in [7, 11) is 0. The molecule has 0 radical (unpaired) electrons. The number of hydrogen-bond donors (Lipinski definition) is 1. The summed E-state index contributed by atoms with van der Waals surface area (Å²) in [6, 6.07) is 8.24. The van der Waals surface area contributed by atoms with Crippen molar-refractivity contribution >= 4 is 17.2 Å². The molecule has 4 heteroatoms. The Bertz CT molecular complexity index is 397. The molecule has 1 aromatic rings. The Hall–Kier alpha value is -1.13. The third kappa shape index (κ3) is 3.43. The van der Waals surface area contributed by atoms with E-state index in [-0.39, 0.29) is 6.10 Å². The number of para-hydroxylation sites is 1. The van der Waals surface area contributed by atoms with Gasteiger partial charge in [0.05, 0.1) is 4.99 Å². The van der Waals surface area contributed by atoms with Gasteiger partial charge in [-0.3, -0.25) is 4.90 Å². The summed E-state index contributed by atoms with van der Waals surface area (Å²) in [6.07, 6.45) is 2.30. The van der Waals surface area contributed by atoms with Crippen molar-refractivity contribution in [1.82, 2.24) is 4.90 Å². The number of rotatable bonds is 6. The zero-order valence-corrected chi connectivity index (χ0v) is 11.6. The van der Waals surface area contributed by atoms with Gasteiger partial charge in [-0.15, -0.1) is 0 Å². The Kier molecular flexibility index (Phi) is 4.55. The molecule has 1 aliphatic rings. The van der Waals surface area contributed by atoms with Gasteiger partial charge in [0.25, 0.3) is 0 Å². The Morgan fingerprint density at radius 2 is 2.28 bits per heavy atom. The topological polar surface area (TPSA) is 38.5 Å². The quantitative estimate of drug-likeness (QED) is 0.798. The fourth-order valence-corrected chi connectivity index (χ4v) is 2.60. The zero-order chi connectivity index (χ0) is 13.0. The molecule has 0 saturated heterocycles. The summed E-state index contributed by atoms with van der Waals surface area (Å²) in [5, 5.41) is 0. The van der Waals surface area contributed by atoms with E-state index in [1.165, 1.54) is 5.56 Å². The molecule has 2 rings (SSSR count). The van der Waals surface area contributed by atoms with E-state index >= 15 is 0 Å². The van der Waals surface area contributed by atoms with Gasteiger partial charge in [0.1, 0.15) is 11.9 Å². The van der Waals surface area contributed by atoms with Gasteiger partial charge in [-0.05, 0) is 24.6 Å². The van der Waals surface area contributed by atoms with Crippen LogP contribution in [-0.4, -0.2) is 35.6 Å². The van der Waals surface area contributed by atoms with E-state index in [1.807, 2.05) is 12.1 Å². The van der Waals surface area contributed by atoms with Crippen molar-refractivity contribution in [3.63, 3.8) is 0 Å². The summed E-state index contributed by atoms with van der Waals surface area (Å²) in [6.45, 7) is 4.74. The molecule has 0 amide bonds. The molecule has 1 atom stereocenters. The van der Waals surface area contributed by atoms with Crippen LogP contribution >= 0.6 is 12.2 Å². The first kappa shape index (κ1) is 13.3. The molecule has 0 spiro atoms. The minimum atomic E-state index is 0.225. The number of fused-ring (bicyclic) bond motifs is 1. The highest BCUT2D eigenvalue weighted by atomic mass is 32.1. The van der Waals surface area contributed by atoms with Crippen LogP contribution in [0.3, 0.4) is 0 Å². The van der Waals surface area contributed by atoms with E-state index in [0.717, 1.165) is 31.7 Å². The minimum Gasteiger partial charge on any atom is -0.488 e. The number of benzene rings is 1. The highest BCUT2D eigenvalue weighted by Crippen LogP contribution is 2.28. The molecule has 18 heavy (non-hydrogen) atoms. The Morgan fingerprint density at radius 1 is 1.50 bits per heavy atom. The minimum absolute atomic E-state index is 0.225. The highest BCUT2D eigenvalue weighted by Gasteiger charge is 2.24. The van der Waals surface area contributed by atoms with Gasteiger partial charge in [-0.25, -0.2) is 0 Å². The van der Waals surface area contributed by atoms with Crippen molar-refractivity contribution in [2.45, 2.75) is 25.9 Å². The second-order valence-electron chi connectivity index (χ2n) is 4.75. The summed E-state index contributed by atoms with van der Waals surface area (Å²) >= 11 is 4.99. The number of ether oxygens (including phenoxy) is 1. The largest absolute Gasteiger partial charge is 0.488 e. The maximum absolute atomic E-state index is 5.94. The molecule has 0 fully saturated rings. The summed E-state index contributed by atoms with van der Waals surface area (Å²) < 4.78 is 5.94. The predicted molar refractivity (Wildman–Crippen MR) is 78.1 cm³/mol. The number of hydrogen-bond acceptors (Lipinski definition) is 3. The zero-order valence-electron chi connectivity index (χ0n) is 10.8. The van der Waals surface area contributed by atoms with E-state index in [1.54, 1.807) is 0 Å². The monoisotopic (exact) mass is 264 g/mol. The van der Waals surface area contributed by atoms with Crippen molar-refractivity contribution in [2.24, 2.45) is 5.73 Å². The molecule has 98 valence electrons. The van der Waals surface area contributed by atoms with E-state index in [2.05, 4.69) is 24.0 Å². The summed E-state index contributed by atoms with van der Waals surface area (Å²) in [5.74, 6) is 1.02. The average molecular weight is 264 g/mol. The number of thiocarbonyl (C=S) groups is 1. The number of nitrogens with zero attached hydrogens (tertiary/aromatic N) is 1. The standard InChI is InChI=1S/C14H20N2OS/c1-2-7-16(10-14(15)18)9-12-8-11-5-3-4-6-13(11)17-12/h3-6,12H,2,7-10H2,1H3,(H2,15,18). The van der Waals surface area contributed by atoms with Gasteiger partial charge in [0.2, 0.25) is 0 Å². The predicted octanol–water partition coefficient (Wildman–Crippen LogP) is 1.99. The smallest absolute Gasteiger partial charge is 0.123 e. The SMILES string of the molecule is CCCN(CC(N)=S)CC1Cc2ccccc2O1. The van der Waals surface area contributed by atoms with Crippen molar-refractivity contribution in [3.8, 4) is 5.75 Å². The van der Waals surface area contributed by atoms with Crippen LogP contribution in [0, 0.1) is 0 Å². The molecule has 2 N–H and O–H groups in total. The molecular formula is C14H20N2OS. The maximum Gasteiger partial charge on any atom is 0.123 e. The van der Waals surface area contributed by atoms with Crippen LogP contribution in [0.15, 0.2) is 24.3 Å². The molecule has 0 saturated carbocycles. The lowest BCUT2D eigenvalue weighted by molar-refractivity contribution is 0.162. The fourth-order valence-electron chi connectivity index (χ4n) is 2.42. The third-order valence-corrected chi connectivity index (χ3v) is 3.22. The molecule has 1 aromatic carbocycles. The lowest BCUT2D eigenvalue weighted by Gasteiger charge is -2.24. The Balaban J connectivity index is 1.92. The third-order valence-electron chi connectivity index (χ3n) is 3.09. The van der Waals surface area contributed by atoms with Gasteiger partial charge >= 0.3 is 0 Å². The van der Waals surface area contributed by atoms with Gasteiger partial charge in [-0.1, -0.05) is 37.3 Å². The van der Waals surface area contributed by atoms with Crippen LogP contribution in [0.5, 0.6) is 5.75 Å². The second kappa shape index (κ2) is 6.16. The molecular weight excluding hydrogens is 244 g/mol. The van der Waals surface area contributed by atoms with Crippen LogP contribution in [0.25, 0.3) is 0 Å². The number of nitrogens with two attached hydrogens (primary N) is 1. The van der Waals surface area contributed by atoms with Gasteiger partial charge in [0.15, 0.2) is 0 Å². The van der Waals surface area contributed by atoms with E-state index in [0.29, 0.717) is 11.5 Å². The molecule has 0 aromatic heterocycles. The lowest BCUT2D eigenvalue weighted by Crippen LogP contribution is -2.40. The highest BCUT2D eigenvalue weighted by molar-refractivity contribution is 7.80. The van der Waals surface area contributed by atoms with Crippen molar-refractivity contribution in [3.05, 3.63) is 29.8 Å². The first-order chi connectivity index (χ1) is 8.69. The Labute approximate surface area is 114 Å². The maximum atomic E-state index is 5.94. The van der Waals surface area contributed by atoms with Crippen molar-refractivity contribution < 1.29 is 4.74 Å². The first-order valence-corrected chi connectivity index (χ1v) is 6.85. The fraction of sp³-hybridized carbons (Fsp3) is 0.500. The van der Waals surface area contributed by atoms with Crippen molar-refractivity contribution in [2.75, 3.05) is 19.6 Å². The average Bonchev–Trinajstić information content (AvgIpc) is 2.70. The van der Waals surface area contributed by atoms with E-state index < -0.39 is 0 Å². The molecule has 1 unspecified atom stereocenters. The first-order valence-electron chi connectivity index (χ1n) is 6.44.